The molecule has 1 aromatic carbocycles. The molecule has 3 heteroatoms. The maximum Gasteiger partial charge on any atom is 0.336 e. The Labute approximate surface area is 96.1 Å². The molecule has 0 bridgehead atoms. The normalized spacial score (nSPS) is 11.4. The van der Waals surface area contributed by atoms with Crippen LogP contribution >= 0.6 is 11.3 Å². The van der Waals surface area contributed by atoms with Crippen molar-refractivity contribution in [2.45, 2.75) is 13.8 Å². The standard InChI is InChI=1S/C13H10O2S/c1-7-3-13(14)15-11-5-12-10(4-9(7)11)8(2)6-16-12/h3-6H,1-2H3. The van der Waals surface area contributed by atoms with Crippen molar-refractivity contribution in [3.8, 4) is 0 Å². The van der Waals surface area contributed by atoms with Gasteiger partial charge in [0.25, 0.3) is 0 Å². The molecule has 0 radical (unpaired) electrons. The van der Waals surface area contributed by atoms with Gasteiger partial charge in [-0.2, -0.15) is 0 Å². The van der Waals surface area contributed by atoms with Crippen molar-refractivity contribution < 1.29 is 4.42 Å². The second-order valence-corrected chi connectivity index (χ2v) is 4.92. The van der Waals surface area contributed by atoms with E-state index in [1.54, 1.807) is 11.3 Å². The van der Waals surface area contributed by atoms with E-state index in [2.05, 4.69) is 18.4 Å². The molecule has 2 aromatic heterocycles. The monoisotopic (exact) mass is 230 g/mol. The van der Waals surface area contributed by atoms with Crippen LogP contribution in [-0.2, 0) is 0 Å². The molecule has 0 atom stereocenters. The molecule has 0 saturated carbocycles. The minimum atomic E-state index is -0.280. The molecule has 0 fully saturated rings. The number of hydrogen-bond donors (Lipinski definition) is 0. The highest BCUT2D eigenvalue weighted by molar-refractivity contribution is 7.17. The molecule has 0 amide bonds. The lowest BCUT2D eigenvalue weighted by Crippen LogP contribution is -1.97. The summed E-state index contributed by atoms with van der Waals surface area (Å²) in [5.74, 6) is 0. The SMILES string of the molecule is Cc1cc(=O)oc2cc3scc(C)c3cc12. The number of hydrogen-bond acceptors (Lipinski definition) is 3. The highest BCUT2D eigenvalue weighted by Crippen LogP contribution is 2.30. The average Bonchev–Trinajstić information content (AvgIpc) is 2.57. The summed E-state index contributed by atoms with van der Waals surface area (Å²) in [5, 5.41) is 4.39. The zero-order valence-corrected chi connectivity index (χ0v) is 9.85. The van der Waals surface area contributed by atoms with E-state index < -0.39 is 0 Å². The van der Waals surface area contributed by atoms with Crippen LogP contribution in [0.5, 0.6) is 0 Å². The number of benzene rings is 1. The van der Waals surface area contributed by atoms with Crippen LogP contribution in [0.1, 0.15) is 11.1 Å². The predicted octanol–water partition coefficient (Wildman–Crippen LogP) is 3.62. The van der Waals surface area contributed by atoms with Crippen LogP contribution in [-0.4, -0.2) is 0 Å². The molecular formula is C13H10O2S. The van der Waals surface area contributed by atoms with Gasteiger partial charge in [-0.25, -0.2) is 4.79 Å². The van der Waals surface area contributed by atoms with Gasteiger partial charge >= 0.3 is 5.63 Å². The first-order valence-corrected chi connectivity index (χ1v) is 5.95. The summed E-state index contributed by atoms with van der Waals surface area (Å²) in [6.45, 7) is 4.03. The molecule has 2 heterocycles. The third-order valence-electron chi connectivity index (χ3n) is 2.84. The lowest BCUT2D eigenvalue weighted by atomic mass is 10.1. The quantitative estimate of drug-likeness (QED) is 0.552. The number of rotatable bonds is 0. The van der Waals surface area contributed by atoms with E-state index in [0.717, 1.165) is 10.9 Å². The van der Waals surface area contributed by atoms with Crippen LogP contribution in [0.4, 0.5) is 0 Å². The first kappa shape index (κ1) is 9.60. The van der Waals surface area contributed by atoms with Crippen molar-refractivity contribution in [3.63, 3.8) is 0 Å². The van der Waals surface area contributed by atoms with Gasteiger partial charge in [0.1, 0.15) is 5.58 Å². The van der Waals surface area contributed by atoms with E-state index in [0.29, 0.717) is 5.58 Å². The molecule has 0 aliphatic heterocycles. The molecule has 0 saturated heterocycles. The molecule has 3 aromatic rings. The Hall–Kier alpha value is -1.61. The van der Waals surface area contributed by atoms with Crippen molar-refractivity contribution in [1.82, 2.24) is 0 Å². The third-order valence-corrected chi connectivity index (χ3v) is 3.90. The van der Waals surface area contributed by atoms with Gasteiger partial charge in [-0.1, -0.05) is 0 Å². The van der Waals surface area contributed by atoms with Crippen LogP contribution < -0.4 is 5.63 Å². The maximum absolute atomic E-state index is 11.3. The van der Waals surface area contributed by atoms with Crippen molar-refractivity contribution in [2.75, 3.05) is 0 Å². The van der Waals surface area contributed by atoms with Gasteiger partial charge in [-0.15, -0.1) is 11.3 Å². The third kappa shape index (κ3) is 1.28. The predicted molar refractivity (Wildman–Crippen MR) is 67.3 cm³/mol. The number of aryl methyl sites for hydroxylation is 2. The van der Waals surface area contributed by atoms with E-state index in [1.165, 1.54) is 21.7 Å². The summed E-state index contributed by atoms with van der Waals surface area (Å²) in [4.78, 5) is 11.3. The molecule has 3 rings (SSSR count). The van der Waals surface area contributed by atoms with Crippen molar-refractivity contribution >= 4 is 32.4 Å². The van der Waals surface area contributed by atoms with Gasteiger partial charge in [0.05, 0.1) is 0 Å². The van der Waals surface area contributed by atoms with Gasteiger partial charge in [-0.3, -0.25) is 0 Å². The first-order valence-electron chi connectivity index (χ1n) is 5.07. The molecule has 2 nitrogen and oxygen atoms in total. The largest absolute Gasteiger partial charge is 0.423 e. The fraction of sp³-hybridized carbons (Fsp3) is 0.154. The van der Waals surface area contributed by atoms with Gasteiger partial charge in [0, 0.05) is 16.2 Å². The fourth-order valence-corrected chi connectivity index (χ4v) is 2.92. The number of fused-ring (bicyclic) bond motifs is 2. The lowest BCUT2D eigenvalue weighted by molar-refractivity contribution is 0.560. The maximum atomic E-state index is 11.3. The Kier molecular flexibility index (Phi) is 1.91. The second kappa shape index (κ2) is 3.19. The van der Waals surface area contributed by atoms with Crippen LogP contribution in [0.15, 0.2) is 32.8 Å². The van der Waals surface area contributed by atoms with Gasteiger partial charge in [0.2, 0.25) is 0 Å². The van der Waals surface area contributed by atoms with Gasteiger partial charge in [0.15, 0.2) is 0 Å². The van der Waals surface area contributed by atoms with Crippen LogP contribution in [0, 0.1) is 13.8 Å². The van der Waals surface area contributed by atoms with Crippen LogP contribution in [0.3, 0.4) is 0 Å². The molecular weight excluding hydrogens is 220 g/mol. The van der Waals surface area contributed by atoms with Gasteiger partial charge in [-0.05, 0) is 47.9 Å². The van der Waals surface area contributed by atoms with Gasteiger partial charge < -0.3 is 4.42 Å². The van der Waals surface area contributed by atoms with E-state index in [4.69, 9.17) is 4.42 Å². The van der Waals surface area contributed by atoms with E-state index in [-0.39, 0.29) is 5.63 Å². The summed E-state index contributed by atoms with van der Waals surface area (Å²) in [7, 11) is 0. The molecule has 80 valence electrons. The molecule has 0 spiro atoms. The number of thiophene rings is 1. The minimum Gasteiger partial charge on any atom is -0.423 e. The summed E-state index contributed by atoms with van der Waals surface area (Å²) >= 11 is 1.68. The topological polar surface area (TPSA) is 30.2 Å². The molecule has 0 aliphatic rings. The van der Waals surface area contributed by atoms with E-state index in [1.807, 2.05) is 13.0 Å². The van der Waals surface area contributed by atoms with Crippen molar-refractivity contribution in [1.29, 1.82) is 0 Å². The Morgan fingerprint density at radius 2 is 1.88 bits per heavy atom. The summed E-state index contributed by atoms with van der Waals surface area (Å²) in [5.41, 5.74) is 2.64. The smallest absolute Gasteiger partial charge is 0.336 e. The highest BCUT2D eigenvalue weighted by Gasteiger charge is 2.06. The van der Waals surface area contributed by atoms with Crippen LogP contribution in [0.2, 0.25) is 0 Å². The van der Waals surface area contributed by atoms with Crippen molar-refractivity contribution in [2.24, 2.45) is 0 Å². The Morgan fingerprint density at radius 1 is 1.06 bits per heavy atom. The van der Waals surface area contributed by atoms with E-state index >= 15 is 0 Å². The van der Waals surface area contributed by atoms with E-state index in [9.17, 15) is 4.79 Å². The average molecular weight is 230 g/mol. The van der Waals surface area contributed by atoms with Crippen molar-refractivity contribution in [3.05, 3.63) is 45.1 Å². The lowest BCUT2D eigenvalue weighted by Gasteiger charge is -2.01. The molecule has 16 heavy (non-hydrogen) atoms. The molecule has 0 N–H and O–H groups in total. The van der Waals surface area contributed by atoms with Crippen LogP contribution in [0.25, 0.3) is 21.1 Å². The molecule has 0 aliphatic carbocycles. The Balaban J connectivity index is 2.58. The highest BCUT2D eigenvalue weighted by atomic mass is 32.1. The first-order chi connectivity index (χ1) is 7.65. The second-order valence-electron chi connectivity index (χ2n) is 4.01. The fourth-order valence-electron chi connectivity index (χ4n) is 1.97. The zero-order chi connectivity index (χ0) is 11.3. The Morgan fingerprint density at radius 3 is 2.69 bits per heavy atom. The minimum absolute atomic E-state index is 0.280. The Bertz CT molecular complexity index is 750. The summed E-state index contributed by atoms with van der Waals surface area (Å²) in [6.07, 6.45) is 0. The summed E-state index contributed by atoms with van der Waals surface area (Å²) < 4.78 is 6.38. The molecule has 0 unspecified atom stereocenters. The summed E-state index contributed by atoms with van der Waals surface area (Å²) in [6, 6.07) is 5.60. The zero-order valence-electron chi connectivity index (χ0n) is 9.03.